The highest BCUT2D eigenvalue weighted by Gasteiger charge is 2.28. The molecule has 0 aromatic heterocycles. The topological polar surface area (TPSA) is 26.0 Å². The van der Waals surface area contributed by atoms with Crippen LogP contribution in [-0.2, 0) is 0 Å². The van der Waals surface area contributed by atoms with E-state index in [4.69, 9.17) is 5.73 Å². The van der Waals surface area contributed by atoms with Crippen LogP contribution < -0.4 is 11.2 Å². The van der Waals surface area contributed by atoms with E-state index in [0.29, 0.717) is 6.07 Å². The molecule has 0 amide bonds. The van der Waals surface area contributed by atoms with Crippen LogP contribution in [0.2, 0.25) is 0 Å². The van der Waals surface area contributed by atoms with Crippen LogP contribution in [0.3, 0.4) is 0 Å². The lowest BCUT2D eigenvalue weighted by atomic mass is 9.76. The Kier molecular flexibility index (Phi) is 2.23. The number of benzene rings is 1. The molecule has 72 valence electrons. The molecule has 13 heavy (non-hydrogen) atoms. The number of hydrogen-bond acceptors (Lipinski definition) is 1. The number of anilines is 1. The maximum Gasteiger partial charge on any atom is 0.510 e. The Morgan fingerprint density at radius 1 is 1.23 bits per heavy atom. The summed E-state index contributed by atoms with van der Waals surface area (Å²) in [5.74, 6) is -0.961. The van der Waals surface area contributed by atoms with E-state index in [1.807, 2.05) is 0 Å². The highest BCUT2D eigenvalue weighted by atomic mass is 19.4. The molecule has 0 atom stereocenters. The van der Waals surface area contributed by atoms with Crippen molar-refractivity contribution in [3.05, 3.63) is 23.5 Å². The molecular formula is C7H7BF4N-. The number of halogens is 4. The van der Waals surface area contributed by atoms with Crippen molar-refractivity contribution in [3.8, 4) is 0 Å². The summed E-state index contributed by atoms with van der Waals surface area (Å²) in [7, 11) is 0. The summed E-state index contributed by atoms with van der Waals surface area (Å²) in [6.07, 6.45) is 0. The van der Waals surface area contributed by atoms with Crippen molar-refractivity contribution in [3.63, 3.8) is 0 Å². The molecular weight excluding hydrogens is 185 g/mol. The van der Waals surface area contributed by atoms with Gasteiger partial charge in [0.15, 0.2) is 0 Å². The molecule has 0 aliphatic heterocycles. The van der Waals surface area contributed by atoms with Crippen LogP contribution in [0, 0.1) is 12.7 Å². The molecule has 0 saturated carbocycles. The molecule has 2 N–H and O–H groups in total. The van der Waals surface area contributed by atoms with E-state index in [-0.39, 0.29) is 11.3 Å². The third-order valence-electron chi connectivity index (χ3n) is 1.81. The highest BCUT2D eigenvalue weighted by Crippen LogP contribution is 2.17. The molecule has 1 aromatic rings. The van der Waals surface area contributed by atoms with E-state index in [1.54, 1.807) is 0 Å². The quantitative estimate of drug-likeness (QED) is 0.409. The van der Waals surface area contributed by atoms with Crippen LogP contribution in [0.15, 0.2) is 12.1 Å². The molecule has 0 unspecified atom stereocenters. The van der Waals surface area contributed by atoms with Crippen LogP contribution in [0.4, 0.5) is 23.0 Å². The summed E-state index contributed by atoms with van der Waals surface area (Å²) in [5.41, 5.74) is 3.94. The Balaban J connectivity index is 3.37. The summed E-state index contributed by atoms with van der Waals surface area (Å²) < 4.78 is 49.3. The molecule has 0 radical (unpaired) electrons. The minimum absolute atomic E-state index is 0.117. The molecule has 1 rings (SSSR count). The van der Waals surface area contributed by atoms with Crippen molar-refractivity contribution in [2.45, 2.75) is 6.92 Å². The van der Waals surface area contributed by atoms with E-state index in [2.05, 4.69) is 0 Å². The summed E-state index contributed by atoms with van der Waals surface area (Å²) in [6, 6.07) is 1.34. The predicted octanol–water partition coefficient (Wildman–Crippen LogP) is 1.77. The largest absolute Gasteiger partial charge is 0.510 e. The van der Waals surface area contributed by atoms with E-state index < -0.39 is 18.3 Å². The van der Waals surface area contributed by atoms with Gasteiger partial charge in [0, 0.05) is 5.69 Å². The molecule has 0 aliphatic carbocycles. The molecule has 0 aliphatic rings. The van der Waals surface area contributed by atoms with Gasteiger partial charge in [-0.05, 0) is 13.0 Å². The average molecular weight is 192 g/mol. The van der Waals surface area contributed by atoms with Crippen molar-refractivity contribution in [2.75, 3.05) is 5.73 Å². The molecule has 1 nitrogen and oxygen atoms in total. The van der Waals surface area contributed by atoms with Crippen LogP contribution in [0.1, 0.15) is 5.56 Å². The van der Waals surface area contributed by atoms with Gasteiger partial charge in [-0.15, -0.1) is 5.46 Å². The smallest absolute Gasteiger partial charge is 0.445 e. The predicted molar refractivity (Wildman–Crippen MR) is 44.3 cm³/mol. The Hall–Kier alpha value is -1.20. The van der Waals surface area contributed by atoms with Crippen molar-refractivity contribution in [1.82, 2.24) is 0 Å². The first-order valence-corrected chi connectivity index (χ1v) is 3.58. The van der Waals surface area contributed by atoms with Gasteiger partial charge in [0.25, 0.3) is 0 Å². The zero-order valence-electron chi connectivity index (χ0n) is 6.82. The fourth-order valence-electron chi connectivity index (χ4n) is 1.06. The van der Waals surface area contributed by atoms with Gasteiger partial charge in [-0.1, -0.05) is 11.6 Å². The van der Waals surface area contributed by atoms with E-state index >= 15 is 0 Å². The molecule has 0 heterocycles. The van der Waals surface area contributed by atoms with Gasteiger partial charge in [-0.25, -0.2) is 4.39 Å². The highest BCUT2D eigenvalue weighted by molar-refractivity contribution is 6.74. The first kappa shape index (κ1) is 9.89. The second-order valence-electron chi connectivity index (χ2n) is 2.78. The monoisotopic (exact) mass is 192 g/mol. The molecule has 0 bridgehead atoms. The lowest BCUT2D eigenvalue weighted by molar-refractivity contribution is 0.499. The zero-order valence-corrected chi connectivity index (χ0v) is 6.82. The van der Waals surface area contributed by atoms with Gasteiger partial charge in [0.05, 0.1) is 0 Å². The number of nitrogen functional groups attached to an aromatic ring is 1. The summed E-state index contributed by atoms with van der Waals surface area (Å²) >= 11 is 0. The number of hydrogen-bond donors (Lipinski definition) is 1. The third kappa shape index (κ3) is 1.94. The van der Waals surface area contributed by atoms with E-state index in [9.17, 15) is 17.3 Å². The van der Waals surface area contributed by atoms with Gasteiger partial charge in [0.2, 0.25) is 0 Å². The fraction of sp³-hybridized carbons (Fsp3) is 0.143. The van der Waals surface area contributed by atoms with Crippen LogP contribution in [-0.4, -0.2) is 6.98 Å². The summed E-state index contributed by atoms with van der Waals surface area (Å²) in [6.45, 7) is -3.97. The van der Waals surface area contributed by atoms with E-state index in [0.717, 1.165) is 6.07 Å². The SMILES string of the molecule is Cc1c(N)cc(F)cc1[B-](F)(F)F. The Labute approximate surface area is 72.6 Å². The third-order valence-corrected chi connectivity index (χ3v) is 1.81. The van der Waals surface area contributed by atoms with Crippen LogP contribution in [0.25, 0.3) is 0 Å². The lowest BCUT2D eigenvalue weighted by Crippen LogP contribution is -2.36. The second-order valence-corrected chi connectivity index (χ2v) is 2.78. The van der Waals surface area contributed by atoms with Crippen molar-refractivity contribution < 1.29 is 17.3 Å². The normalized spacial score (nSPS) is 11.8. The Bertz CT molecular complexity index is 334. The lowest BCUT2D eigenvalue weighted by Gasteiger charge is -2.18. The van der Waals surface area contributed by atoms with Gasteiger partial charge in [-0.2, -0.15) is 0 Å². The maximum absolute atomic E-state index is 12.6. The summed E-state index contributed by atoms with van der Waals surface area (Å²) in [5, 5.41) is 0. The first-order chi connectivity index (χ1) is 5.82. The second kappa shape index (κ2) is 2.94. The fourth-order valence-corrected chi connectivity index (χ4v) is 1.06. The van der Waals surface area contributed by atoms with Crippen LogP contribution in [0.5, 0.6) is 0 Å². The Morgan fingerprint density at radius 2 is 1.77 bits per heavy atom. The van der Waals surface area contributed by atoms with E-state index in [1.165, 1.54) is 6.92 Å². The minimum atomic E-state index is -5.19. The molecule has 1 aromatic carbocycles. The first-order valence-electron chi connectivity index (χ1n) is 3.58. The van der Waals surface area contributed by atoms with Crippen LogP contribution >= 0.6 is 0 Å². The molecule has 0 spiro atoms. The molecule has 0 fully saturated rings. The zero-order chi connectivity index (χ0) is 10.2. The molecule has 0 saturated heterocycles. The standard InChI is InChI=1S/C7H7BF4N/c1-4-6(8(10,11)12)2-5(9)3-7(4)13/h2-3H,13H2,1H3/q-1. The number of rotatable bonds is 1. The minimum Gasteiger partial charge on any atom is -0.445 e. The molecule has 6 heteroatoms. The summed E-state index contributed by atoms with van der Waals surface area (Å²) in [4.78, 5) is 0. The van der Waals surface area contributed by atoms with Gasteiger partial charge in [0.1, 0.15) is 5.82 Å². The van der Waals surface area contributed by atoms with Gasteiger partial charge >= 0.3 is 6.98 Å². The van der Waals surface area contributed by atoms with Gasteiger partial charge < -0.3 is 18.7 Å². The average Bonchev–Trinajstić information content (AvgIpc) is 1.94. The maximum atomic E-state index is 12.6. The number of nitrogens with two attached hydrogens (primary N) is 1. The van der Waals surface area contributed by atoms with Crippen molar-refractivity contribution >= 4 is 18.1 Å². The van der Waals surface area contributed by atoms with Crippen molar-refractivity contribution in [1.29, 1.82) is 0 Å². The van der Waals surface area contributed by atoms with Crippen molar-refractivity contribution in [2.24, 2.45) is 0 Å². The van der Waals surface area contributed by atoms with Gasteiger partial charge in [-0.3, -0.25) is 0 Å². The Morgan fingerprint density at radius 3 is 2.23 bits per heavy atom.